The first kappa shape index (κ1) is 24.6. The van der Waals surface area contributed by atoms with Gasteiger partial charge in [0.05, 0.1) is 11.4 Å². The third kappa shape index (κ3) is 4.15. The van der Waals surface area contributed by atoms with Crippen LogP contribution in [0.5, 0.6) is 0 Å². The average Bonchev–Trinajstić information content (AvgIpc) is 3.91. The predicted octanol–water partition coefficient (Wildman–Crippen LogP) is 9.95. The molecule has 2 aliphatic rings. The predicted molar refractivity (Wildman–Crippen MR) is 177 cm³/mol. The Morgan fingerprint density at radius 2 is 1.21 bits per heavy atom. The molecule has 0 radical (unpaired) electrons. The second-order valence-electron chi connectivity index (χ2n) is 11.3. The van der Waals surface area contributed by atoms with Gasteiger partial charge in [-0.2, -0.15) is 0 Å². The van der Waals surface area contributed by atoms with Crippen LogP contribution >= 0.6 is 0 Å². The van der Waals surface area contributed by atoms with Crippen molar-refractivity contribution in [1.29, 1.82) is 5.41 Å². The van der Waals surface area contributed by atoms with Crippen LogP contribution in [-0.4, -0.2) is 5.71 Å². The number of hydrogen-bond acceptors (Lipinski definition) is 2. The molecule has 1 aliphatic carbocycles. The van der Waals surface area contributed by atoms with Crippen LogP contribution in [0.1, 0.15) is 35.1 Å². The number of rotatable bonds is 5. The van der Waals surface area contributed by atoms with Crippen LogP contribution < -0.4 is 5.32 Å². The highest BCUT2D eigenvalue weighted by atomic mass is 14.9. The summed E-state index contributed by atoms with van der Waals surface area (Å²) >= 11 is 0. The lowest BCUT2D eigenvalue weighted by molar-refractivity contribution is 0.898. The highest BCUT2D eigenvalue weighted by Crippen LogP contribution is 2.43. The minimum atomic E-state index is 0.524. The highest BCUT2D eigenvalue weighted by molar-refractivity contribution is 6.38. The van der Waals surface area contributed by atoms with Crippen LogP contribution in [0.2, 0.25) is 0 Å². The van der Waals surface area contributed by atoms with E-state index in [0.29, 0.717) is 11.6 Å². The monoisotopic (exact) mass is 538 g/mol. The first-order chi connectivity index (χ1) is 20.8. The third-order valence-electron chi connectivity index (χ3n) is 8.66. The van der Waals surface area contributed by atoms with Gasteiger partial charge in [0.1, 0.15) is 0 Å². The molecular formula is C40H30N2. The van der Waals surface area contributed by atoms with Gasteiger partial charge in [-0.1, -0.05) is 133 Å². The van der Waals surface area contributed by atoms with Crippen molar-refractivity contribution < 1.29 is 0 Å². The van der Waals surface area contributed by atoms with Crippen LogP contribution in [0.4, 0.5) is 0 Å². The first-order valence-corrected chi connectivity index (χ1v) is 14.7. The fourth-order valence-electron chi connectivity index (χ4n) is 6.44. The highest BCUT2D eigenvalue weighted by Gasteiger charge is 2.31. The van der Waals surface area contributed by atoms with E-state index in [1.165, 1.54) is 46.0 Å². The van der Waals surface area contributed by atoms with Crippen LogP contribution in [-0.2, 0) is 0 Å². The molecular weight excluding hydrogens is 508 g/mol. The molecule has 0 amide bonds. The average molecular weight is 539 g/mol. The lowest BCUT2D eigenvalue weighted by Crippen LogP contribution is -2.22. The second-order valence-corrected chi connectivity index (χ2v) is 11.3. The summed E-state index contributed by atoms with van der Waals surface area (Å²) in [6, 6.07) is 47.0. The number of benzene rings is 6. The fourth-order valence-corrected chi connectivity index (χ4v) is 6.44. The summed E-state index contributed by atoms with van der Waals surface area (Å²) in [5.74, 6) is 0.570. The zero-order chi connectivity index (χ0) is 28.0. The van der Waals surface area contributed by atoms with Crippen molar-refractivity contribution in [3.8, 4) is 11.1 Å². The van der Waals surface area contributed by atoms with Crippen LogP contribution in [0.3, 0.4) is 0 Å². The van der Waals surface area contributed by atoms with E-state index in [1.54, 1.807) is 0 Å². The SMILES string of the molecule is N=C(/C(=C1\NC(C2CC2)=Cc2ccccc21)c1ccccc1)c1ccc(-c2cccc3ccccc23)c2ccccc12. The van der Waals surface area contributed by atoms with Crippen molar-refractivity contribution in [2.24, 2.45) is 5.92 Å². The zero-order valence-corrected chi connectivity index (χ0v) is 23.3. The molecule has 1 saturated carbocycles. The van der Waals surface area contributed by atoms with Crippen LogP contribution in [0.15, 0.2) is 139 Å². The van der Waals surface area contributed by atoms with Gasteiger partial charge in [-0.15, -0.1) is 0 Å². The van der Waals surface area contributed by atoms with Gasteiger partial charge < -0.3 is 5.32 Å². The standard InChI is InChI=1S/C40H30N2/c41-39(36-24-23-35(33-18-8-9-19-34(33)36)32-20-10-15-26-11-4-6-16-30(26)32)38(28-12-2-1-3-13-28)40-31-17-7-5-14-29(31)25-37(42-40)27-21-22-27/h1-20,23-25,27,41-42H,21-22H2/b40-38-,41-39?. The van der Waals surface area contributed by atoms with E-state index in [0.717, 1.165) is 38.7 Å². The molecule has 2 N–H and O–H groups in total. The van der Waals surface area contributed by atoms with E-state index in [4.69, 9.17) is 0 Å². The first-order valence-electron chi connectivity index (χ1n) is 14.7. The summed E-state index contributed by atoms with van der Waals surface area (Å²) < 4.78 is 0. The smallest absolute Gasteiger partial charge is 0.0717 e. The van der Waals surface area contributed by atoms with Crippen molar-refractivity contribution in [2.45, 2.75) is 12.8 Å². The Morgan fingerprint density at radius 3 is 2.05 bits per heavy atom. The molecule has 1 fully saturated rings. The van der Waals surface area contributed by atoms with Gasteiger partial charge in [0, 0.05) is 22.4 Å². The quantitative estimate of drug-likeness (QED) is 0.211. The molecule has 200 valence electrons. The number of nitrogens with one attached hydrogen (secondary N) is 2. The molecule has 2 nitrogen and oxygen atoms in total. The topological polar surface area (TPSA) is 35.9 Å². The van der Waals surface area contributed by atoms with E-state index in [2.05, 4.69) is 139 Å². The molecule has 8 rings (SSSR count). The summed E-state index contributed by atoms with van der Waals surface area (Å²) in [5, 5.41) is 18.4. The molecule has 6 aromatic rings. The van der Waals surface area contributed by atoms with E-state index in [-0.39, 0.29) is 0 Å². The third-order valence-corrected chi connectivity index (χ3v) is 8.66. The maximum absolute atomic E-state index is 9.86. The van der Waals surface area contributed by atoms with E-state index < -0.39 is 0 Å². The fraction of sp³-hybridized carbons (Fsp3) is 0.0750. The Labute approximate surface area is 246 Å². The summed E-state index contributed by atoms with van der Waals surface area (Å²) in [4.78, 5) is 0. The summed E-state index contributed by atoms with van der Waals surface area (Å²) in [5.41, 5.74) is 10.5. The molecule has 0 atom stereocenters. The number of hydrogen-bond donors (Lipinski definition) is 2. The molecule has 0 unspecified atom stereocenters. The maximum Gasteiger partial charge on any atom is 0.0717 e. The van der Waals surface area contributed by atoms with Crippen molar-refractivity contribution in [3.05, 3.63) is 161 Å². The number of fused-ring (bicyclic) bond motifs is 3. The molecule has 6 aromatic carbocycles. The minimum absolute atomic E-state index is 0.524. The maximum atomic E-state index is 9.86. The van der Waals surface area contributed by atoms with Crippen LogP contribution in [0.25, 0.3) is 50.0 Å². The summed E-state index contributed by atoms with van der Waals surface area (Å²) in [6.07, 6.45) is 4.73. The molecule has 1 heterocycles. The lowest BCUT2D eigenvalue weighted by atomic mass is 9.85. The normalized spacial score (nSPS) is 15.6. The molecule has 0 aromatic heterocycles. The molecule has 2 heteroatoms. The Balaban J connectivity index is 1.35. The Bertz CT molecular complexity index is 2070. The van der Waals surface area contributed by atoms with Crippen molar-refractivity contribution in [1.82, 2.24) is 5.32 Å². The minimum Gasteiger partial charge on any atom is -0.358 e. The molecule has 0 saturated heterocycles. The van der Waals surface area contributed by atoms with Gasteiger partial charge in [0.2, 0.25) is 0 Å². The molecule has 0 bridgehead atoms. The van der Waals surface area contributed by atoms with Gasteiger partial charge in [-0.3, -0.25) is 5.41 Å². The van der Waals surface area contributed by atoms with Crippen molar-refractivity contribution >= 4 is 44.6 Å². The van der Waals surface area contributed by atoms with Gasteiger partial charge >= 0.3 is 0 Å². The molecule has 1 aliphatic heterocycles. The Kier molecular flexibility index (Phi) is 5.86. The summed E-state index contributed by atoms with van der Waals surface area (Å²) in [6.45, 7) is 0. The van der Waals surface area contributed by atoms with E-state index in [9.17, 15) is 5.41 Å². The molecule has 0 spiro atoms. The van der Waals surface area contributed by atoms with Crippen molar-refractivity contribution in [3.63, 3.8) is 0 Å². The van der Waals surface area contributed by atoms with Gasteiger partial charge in [0.25, 0.3) is 0 Å². The van der Waals surface area contributed by atoms with Crippen LogP contribution in [0, 0.1) is 11.3 Å². The van der Waals surface area contributed by atoms with Gasteiger partial charge in [0.15, 0.2) is 0 Å². The number of allylic oxidation sites excluding steroid dienone is 2. The lowest BCUT2D eigenvalue weighted by Gasteiger charge is -2.26. The Hall–Kier alpha value is -5.21. The van der Waals surface area contributed by atoms with E-state index in [1.807, 2.05) is 6.07 Å². The van der Waals surface area contributed by atoms with E-state index >= 15 is 0 Å². The zero-order valence-electron chi connectivity index (χ0n) is 23.3. The van der Waals surface area contributed by atoms with Gasteiger partial charge in [-0.05, 0) is 68.6 Å². The summed E-state index contributed by atoms with van der Waals surface area (Å²) in [7, 11) is 0. The van der Waals surface area contributed by atoms with Crippen molar-refractivity contribution in [2.75, 3.05) is 0 Å². The molecule has 42 heavy (non-hydrogen) atoms. The largest absolute Gasteiger partial charge is 0.358 e. The Morgan fingerprint density at radius 1 is 0.571 bits per heavy atom. The second kappa shape index (κ2) is 10.0. The van der Waals surface area contributed by atoms with Gasteiger partial charge in [-0.25, -0.2) is 0 Å².